The van der Waals surface area contributed by atoms with E-state index in [2.05, 4.69) is 4.98 Å². The molecule has 90 valence electrons. The van der Waals surface area contributed by atoms with Crippen molar-refractivity contribution in [1.29, 1.82) is 0 Å². The van der Waals surface area contributed by atoms with Gasteiger partial charge in [0.15, 0.2) is 16.7 Å². The Morgan fingerprint density at radius 3 is 2.71 bits per heavy atom. The molecule has 0 spiro atoms. The van der Waals surface area contributed by atoms with Crippen molar-refractivity contribution >= 4 is 16.5 Å². The van der Waals surface area contributed by atoms with Crippen LogP contribution in [-0.4, -0.2) is 11.1 Å². The van der Waals surface area contributed by atoms with Crippen molar-refractivity contribution in [3.63, 3.8) is 0 Å². The minimum atomic E-state index is -0.386. The predicted octanol–water partition coefficient (Wildman–Crippen LogP) is 3.32. The Balaban J connectivity index is 2.30. The van der Waals surface area contributed by atoms with E-state index in [1.165, 1.54) is 17.4 Å². The molecule has 0 saturated heterocycles. The Hall–Kier alpha value is -1.62. The second kappa shape index (κ2) is 4.71. The lowest BCUT2D eigenvalue weighted by atomic mass is 10.1. The fourth-order valence-electron chi connectivity index (χ4n) is 1.43. The summed E-state index contributed by atoms with van der Waals surface area (Å²) < 4.78 is 19.0. The zero-order valence-electron chi connectivity index (χ0n) is 9.61. The van der Waals surface area contributed by atoms with Gasteiger partial charge in [0.2, 0.25) is 0 Å². The highest BCUT2D eigenvalue weighted by Gasteiger charge is 2.09. The quantitative estimate of drug-likeness (QED) is 0.911. The first kappa shape index (κ1) is 11.9. The number of anilines is 1. The number of benzene rings is 1. The highest BCUT2D eigenvalue weighted by molar-refractivity contribution is 7.13. The van der Waals surface area contributed by atoms with E-state index in [1.807, 2.05) is 13.8 Å². The highest BCUT2D eigenvalue weighted by atomic mass is 32.1. The van der Waals surface area contributed by atoms with Gasteiger partial charge in [-0.25, -0.2) is 9.37 Å². The molecule has 0 aliphatic rings. The van der Waals surface area contributed by atoms with Crippen LogP contribution in [0.2, 0.25) is 0 Å². The van der Waals surface area contributed by atoms with E-state index < -0.39 is 0 Å². The van der Waals surface area contributed by atoms with E-state index in [4.69, 9.17) is 10.5 Å². The van der Waals surface area contributed by atoms with Gasteiger partial charge in [-0.1, -0.05) is 0 Å². The van der Waals surface area contributed by atoms with Crippen molar-refractivity contribution < 1.29 is 9.13 Å². The van der Waals surface area contributed by atoms with Crippen LogP contribution < -0.4 is 10.5 Å². The average molecular weight is 252 g/mol. The third-order valence-electron chi connectivity index (χ3n) is 2.11. The van der Waals surface area contributed by atoms with Gasteiger partial charge in [0, 0.05) is 10.9 Å². The van der Waals surface area contributed by atoms with Crippen LogP contribution in [0.15, 0.2) is 23.6 Å². The van der Waals surface area contributed by atoms with Crippen LogP contribution >= 0.6 is 11.3 Å². The normalized spacial score (nSPS) is 10.8. The number of rotatable bonds is 3. The Labute approximate surface area is 103 Å². The number of hydrogen-bond acceptors (Lipinski definition) is 4. The molecule has 2 N–H and O–H groups in total. The molecule has 1 aromatic carbocycles. The summed E-state index contributed by atoms with van der Waals surface area (Å²) in [6.07, 6.45) is -0.0507. The SMILES string of the molecule is CC(C)Oc1ccc(-c2csc(N)n2)cc1F. The minimum absolute atomic E-state index is 0.0507. The summed E-state index contributed by atoms with van der Waals surface area (Å²) in [5, 5.41) is 2.27. The lowest BCUT2D eigenvalue weighted by Crippen LogP contribution is -2.06. The van der Waals surface area contributed by atoms with Gasteiger partial charge in [0.1, 0.15) is 0 Å². The van der Waals surface area contributed by atoms with Crippen molar-refractivity contribution in [3.8, 4) is 17.0 Å². The maximum atomic E-state index is 13.7. The van der Waals surface area contributed by atoms with Crippen molar-refractivity contribution in [2.45, 2.75) is 20.0 Å². The Morgan fingerprint density at radius 1 is 1.41 bits per heavy atom. The predicted molar refractivity (Wildman–Crippen MR) is 67.7 cm³/mol. The first-order valence-corrected chi connectivity index (χ1v) is 6.12. The summed E-state index contributed by atoms with van der Waals surface area (Å²) in [4.78, 5) is 4.10. The number of thiazole rings is 1. The third kappa shape index (κ3) is 2.74. The third-order valence-corrected chi connectivity index (χ3v) is 2.79. The summed E-state index contributed by atoms with van der Waals surface area (Å²) in [5.41, 5.74) is 6.92. The number of nitrogens with zero attached hydrogens (tertiary/aromatic N) is 1. The number of halogens is 1. The first-order valence-electron chi connectivity index (χ1n) is 5.24. The molecule has 2 rings (SSSR count). The molecule has 2 aromatic rings. The summed E-state index contributed by atoms with van der Waals surface area (Å²) in [6.45, 7) is 3.71. The number of hydrogen-bond donors (Lipinski definition) is 1. The van der Waals surface area contributed by atoms with Crippen molar-refractivity contribution in [2.24, 2.45) is 0 Å². The number of aromatic nitrogens is 1. The topological polar surface area (TPSA) is 48.1 Å². The smallest absolute Gasteiger partial charge is 0.180 e. The standard InChI is InChI=1S/C12H13FN2OS/c1-7(2)16-11-4-3-8(5-9(11)13)10-6-17-12(14)15-10/h3-7H,1-2H3,(H2,14,15). The monoisotopic (exact) mass is 252 g/mol. The van der Waals surface area contributed by atoms with Crippen LogP contribution in [0, 0.1) is 5.82 Å². The minimum Gasteiger partial charge on any atom is -0.488 e. The van der Waals surface area contributed by atoms with E-state index in [1.54, 1.807) is 17.5 Å². The zero-order chi connectivity index (χ0) is 12.4. The Morgan fingerprint density at radius 2 is 2.18 bits per heavy atom. The first-order chi connectivity index (χ1) is 8.06. The summed E-state index contributed by atoms with van der Waals surface area (Å²) >= 11 is 1.33. The van der Waals surface area contributed by atoms with Crippen molar-refractivity contribution in [3.05, 3.63) is 29.4 Å². The fraction of sp³-hybridized carbons (Fsp3) is 0.250. The second-order valence-electron chi connectivity index (χ2n) is 3.88. The van der Waals surface area contributed by atoms with Gasteiger partial charge in [-0.2, -0.15) is 0 Å². The average Bonchev–Trinajstić information content (AvgIpc) is 2.67. The van der Waals surface area contributed by atoms with Crippen LogP contribution in [0.1, 0.15) is 13.8 Å². The summed E-state index contributed by atoms with van der Waals surface area (Å²) in [5.74, 6) is -0.130. The molecule has 5 heteroatoms. The molecule has 0 radical (unpaired) electrons. The molecular weight excluding hydrogens is 239 g/mol. The van der Waals surface area contributed by atoms with Crippen molar-refractivity contribution in [2.75, 3.05) is 5.73 Å². The van der Waals surface area contributed by atoms with Gasteiger partial charge in [0.25, 0.3) is 0 Å². The summed E-state index contributed by atoms with van der Waals surface area (Å²) in [6, 6.07) is 4.79. The number of nitrogens with two attached hydrogens (primary N) is 1. The van der Waals surface area contributed by atoms with E-state index in [0.717, 1.165) is 0 Å². The second-order valence-corrected chi connectivity index (χ2v) is 4.77. The number of ether oxygens (including phenoxy) is 1. The lowest BCUT2D eigenvalue weighted by molar-refractivity contribution is 0.231. The molecule has 0 amide bonds. The van der Waals surface area contributed by atoms with Gasteiger partial charge < -0.3 is 10.5 Å². The van der Waals surface area contributed by atoms with Gasteiger partial charge in [-0.15, -0.1) is 11.3 Å². The van der Waals surface area contributed by atoms with Crippen LogP contribution in [-0.2, 0) is 0 Å². The van der Waals surface area contributed by atoms with Gasteiger partial charge in [0.05, 0.1) is 11.8 Å². The molecule has 1 aromatic heterocycles. The maximum absolute atomic E-state index is 13.7. The van der Waals surface area contributed by atoms with Gasteiger partial charge in [-0.3, -0.25) is 0 Å². The largest absolute Gasteiger partial charge is 0.488 e. The molecule has 0 fully saturated rings. The Kier molecular flexibility index (Phi) is 3.28. The molecule has 0 unspecified atom stereocenters. The van der Waals surface area contributed by atoms with E-state index in [-0.39, 0.29) is 17.7 Å². The maximum Gasteiger partial charge on any atom is 0.180 e. The summed E-state index contributed by atoms with van der Waals surface area (Å²) in [7, 11) is 0. The highest BCUT2D eigenvalue weighted by Crippen LogP contribution is 2.27. The van der Waals surface area contributed by atoms with Crippen LogP contribution in [0.4, 0.5) is 9.52 Å². The van der Waals surface area contributed by atoms with Gasteiger partial charge in [-0.05, 0) is 32.0 Å². The fourth-order valence-corrected chi connectivity index (χ4v) is 2.00. The molecule has 1 heterocycles. The van der Waals surface area contributed by atoms with Crippen molar-refractivity contribution in [1.82, 2.24) is 4.98 Å². The molecule has 0 atom stereocenters. The van der Waals surface area contributed by atoms with Gasteiger partial charge >= 0.3 is 0 Å². The molecule has 0 aliphatic heterocycles. The van der Waals surface area contributed by atoms with Crippen LogP contribution in [0.25, 0.3) is 11.3 Å². The Bertz CT molecular complexity index is 525. The van der Waals surface area contributed by atoms with Crippen LogP contribution in [0.3, 0.4) is 0 Å². The van der Waals surface area contributed by atoms with E-state index in [9.17, 15) is 4.39 Å². The molecule has 17 heavy (non-hydrogen) atoms. The molecule has 0 saturated carbocycles. The molecule has 3 nitrogen and oxygen atoms in total. The van der Waals surface area contributed by atoms with Crippen LogP contribution in [0.5, 0.6) is 5.75 Å². The van der Waals surface area contributed by atoms with E-state index >= 15 is 0 Å². The van der Waals surface area contributed by atoms with E-state index in [0.29, 0.717) is 16.4 Å². The molecule has 0 aliphatic carbocycles. The molecular formula is C12H13FN2OS. The zero-order valence-corrected chi connectivity index (χ0v) is 10.4. The lowest BCUT2D eigenvalue weighted by Gasteiger charge is -2.10. The molecule has 0 bridgehead atoms. The number of nitrogen functional groups attached to an aromatic ring is 1.